The van der Waals surface area contributed by atoms with Gasteiger partial charge in [0.2, 0.25) is 0 Å². The molecule has 0 saturated carbocycles. The van der Waals surface area contributed by atoms with Crippen molar-refractivity contribution in [3.8, 4) is 11.5 Å². The number of amides is 1. The zero-order chi connectivity index (χ0) is 19.2. The molecule has 1 saturated heterocycles. The smallest absolute Gasteiger partial charge is 0.254 e. The molecule has 0 unspecified atom stereocenters. The Hall–Kier alpha value is -2.53. The first-order chi connectivity index (χ1) is 13.1. The average Bonchev–Trinajstić information content (AvgIpc) is 2.68. The molecule has 1 heterocycles. The van der Waals surface area contributed by atoms with Crippen LogP contribution in [0.5, 0.6) is 11.5 Å². The van der Waals surface area contributed by atoms with Gasteiger partial charge in [-0.2, -0.15) is 0 Å². The van der Waals surface area contributed by atoms with Crippen LogP contribution in [0, 0.1) is 6.92 Å². The second-order valence-corrected chi connectivity index (χ2v) is 7.01. The normalized spacial score (nSPS) is 14.9. The van der Waals surface area contributed by atoms with Gasteiger partial charge in [0, 0.05) is 11.1 Å². The molecule has 5 heteroatoms. The fourth-order valence-electron chi connectivity index (χ4n) is 3.57. The zero-order valence-electron chi connectivity index (χ0n) is 16.5. The number of rotatable bonds is 6. The van der Waals surface area contributed by atoms with Crippen molar-refractivity contribution in [1.29, 1.82) is 0 Å². The van der Waals surface area contributed by atoms with E-state index >= 15 is 0 Å². The molecule has 1 fully saturated rings. The van der Waals surface area contributed by atoms with Gasteiger partial charge in [-0.15, -0.1) is 0 Å². The van der Waals surface area contributed by atoms with E-state index in [0.717, 1.165) is 32.7 Å². The largest absolute Gasteiger partial charge is 0.493 e. The molecule has 0 spiro atoms. The van der Waals surface area contributed by atoms with Crippen LogP contribution in [-0.2, 0) is 6.54 Å². The number of benzene rings is 2. The van der Waals surface area contributed by atoms with E-state index in [1.165, 1.54) is 16.0 Å². The molecule has 1 aliphatic heterocycles. The van der Waals surface area contributed by atoms with Crippen LogP contribution in [-0.4, -0.2) is 50.7 Å². The lowest BCUT2D eigenvalue weighted by Crippen LogP contribution is -3.13. The highest BCUT2D eigenvalue weighted by atomic mass is 16.5. The lowest BCUT2D eigenvalue weighted by atomic mass is 10.1. The monoisotopic (exact) mass is 369 g/mol. The fraction of sp³-hybridized carbons (Fsp3) is 0.409. The summed E-state index contributed by atoms with van der Waals surface area (Å²) in [6, 6.07) is 14.1. The number of nitrogens with one attached hydrogen (secondary N) is 1. The van der Waals surface area contributed by atoms with Crippen LogP contribution < -0.4 is 14.4 Å². The van der Waals surface area contributed by atoms with Crippen LogP contribution >= 0.6 is 0 Å². The fourth-order valence-corrected chi connectivity index (χ4v) is 3.57. The molecule has 0 atom stereocenters. The first-order valence-electron chi connectivity index (χ1n) is 9.60. The van der Waals surface area contributed by atoms with E-state index in [1.54, 1.807) is 13.2 Å². The summed E-state index contributed by atoms with van der Waals surface area (Å²) in [6.45, 7) is 9.11. The maximum atomic E-state index is 12.9. The van der Waals surface area contributed by atoms with E-state index in [0.29, 0.717) is 23.7 Å². The van der Waals surface area contributed by atoms with Crippen molar-refractivity contribution >= 4 is 5.91 Å². The quantitative estimate of drug-likeness (QED) is 0.846. The van der Waals surface area contributed by atoms with Crippen molar-refractivity contribution < 1.29 is 19.2 Å². The molecule has 2 aromatic carbocycles. The van der Waals surface area contributed by atoms with Gasteiger partial charge in [0.25, 0.3) is 5.91 Å². The molecular formula is C22H29N2O3+. The third kappa shape index (κ3) is 4.80. The number of hydrogen-bond donors (Lipinski definition) is 1. The van der Waals surface area contributed by atoms with E-state index in [4.69, 9.17) is 9.47 Å². The van der Waals surface area contributed by atoms with Crippen LogP contribution in [0.4, 0.5) is 0 Å². The number of carbonyl (C=O) groups is 1. The molecular weight excluding hydrogens is 340 g/mol. The minimum absolute atomic E-state index is 0.0611. The molecule has 1 N–H and O–H groups in total. The number of hydrogen-bond acceptors (Lipinski definition) is 3. The van der Waals surface area contributed by atoms with Crippen molar-refractivity contribution in [3.63, 3.8) is 0 Å². The van der Waals surface area contributed by atoms with Gasteiger partial charge >= 0.3 is 0 Å². The summed E-state index contributed by atoms with van der Waals surface area (Å²) in [5, 5.41) is 0. The predicted octanol–water partition coefficient (Wildman–Crippen LogP) is 1.94. The van der Waals surface area contributed by atoms with E-state index in [-0.39, 0.29) is 5.91 Å². The van der Waals surface area contributed by atoms with Crippen LogP contribution in [0.15, 0.2) is 42.5 Å². The number of methoxy groups -OCH3 is 1. The Morgan fingerprint density at radius 3 is 2.56 bits per heavy atom. The van der Waals surface area contributed by atoms with Crippen LogP contribution in [0.3, 0.4) is 0 Å². The molecule has 27 heavy (non-hydrogen) atoms. The SMILES string of the molecule is CCOc1ccc(C(=O)N2CC[NH+](Cc3cccc(C)c3)CC2)cc1OC. The highest BCUT2D eigenvalue weighted by molar-refractivity contribution is 5.95. The summed E-state index contributed by atoms with van der Waals surface area (Å²) in [6.07, 6.45) is 0. The van der Waals surface area contributed by atoms with Gasteiger partial charge in [-0.3, -0.25) is 4.79 Å². The van der Waals surface area contributed by atoms with Gasteiger partial charge in [-0.25, -0.2) is 0 Å². The molecule has 1 amide bonds. The Morgan fingerprint density at radius 2 is 1.89 bits per heavy atom. The summed E-state index contributed by atoms with van der Waals surface area (Å²) in [7, 11) is 1.60. The number of carbonyl (C=O) groups excluding carboxylic acids is 1. The van der Waals surface area contributed by atoms with E-state index in [1.807, 2.05) is 24.0 Å². The molecule has 0 aromatic heterocycles. The first kappa shape index (κ1) is 19.2. The first-order valence-corrected chi connectivity index (χ1v) is 9.60. The van der Waals surface area contributed by atoms with Crippen molar-refractivity contribution in [2.45, 2.75) is 20.4 Å². The van der Waals surface area contributed by atoms with Crippen molar-refractivity contribution in [3.05, 3.63) is 59.2 Å². The highest BCUT2D eigenvalue weighted by Crippen LogP contribution is 2.28. The summed E-state index contributed by atoms with van der Waals surface area (Å²) >= 11 is 0. The predicted molar refractivity (Wildman–Crippen MR) is 106 cm³/mol. The summed E-state index contributed by atoms with van der Waals surface area (Å²) in [5.74, 6) is 1.33. The number of ether oxygens (including phenoxy) is 2. The Balaban J connectivity index is 1.59. The Morgan fingerprint density at radius 1 is 1.11 bits per heavy atom. The third-order valence-electron chi connectivity index (χ3n) is 5.00. The van der Waals surface area contributed by atoms with Crippen molar-refractivity contribution in [2.24, 2.45) is 0 Å². The van der Waals surface area contributed by atoms with E-state index in [2.05, 4.69) is 31.2 Å². The van der Waals surface area contributed by atoms with E-state index in [9.17, 15) is 4.79 Å². The van der Waals surface area contributed by atoms with Gasteiger partial charge in [0.05, 0.1) is 39.9 Å². The maximum absolute atomic E-state index is 12.9. The highest BCUT2D eigenvalue weighted by Gasteiger charge is 2.25. The topological polar surface area (TPSA) is 43.2 Å². The third-order valence-corrected chi connectivity index (χ3v) is 5.00. The molecule has 2 aromatic rings. The average molecular weight is 369 g/mol. The van der Waals surface area contributed by atoms with Crippen LogP contribution in [0.25, 0.3) is 0 Å². The Bertz CT molecular complexity index is 783. The Labute approximate surface area is 161 Å². The number of quaternary nitrogens is 1. The van der Waals surface area contributed by atoms with E-state index < -0.39 is 0 Å². The molecule has 3 rings (SSSR count). The summed E-state index contributed by atoms with van der Waals surface area (Å²) < 4.78 is 10.9. The lowest BCUT2D eigenvalue weighted by Gasteiger charge is -2.32. The summed E-state index contributed by atoms with van der Waals surface area (Å²) in [4.78, 5) is 16.3. The Kier molecular flexibility index (Phi) is 6.35. The molecule has 0 bridgehead atoms. The van der Waals surface area contributed by atoms with Crippen molar-refractivity contribution in [2.75, 3.05) is 39.9 Å². The standard InChI is InChI=1S/C22H28N2O3/c1-4-27-20-9-8-19(15-21(20)26-3)22(25)24-12-10-23(11-13-24)16-18-7-5-6-17(2)14-18/h5-9,14-15H,4,10-13,16H2,1-3H3/p+1. The van der Waals surface area contributed by atoms with Gasteiger partial charge < -0.3 is 19.3 Å². The second kappa shape index (κ2) is 8.91. The lowest BCUT2D eigenvalue weighted by molar-refractivity contribution is -0.917. The van der Waals surface area contributed by atoms with Gasteiger partial charge in [-0.05, 0) is 32.0 Å². The van der Waals surface area contributed by atoms with Gasteiger partial charge in [0.1, 0.15) is 6.54 Å². The number of nitrogens with zero attached hydrogens (tertiary/aromatic N) is 1. The molecule has 0 aliphatic carbocycles. The zero-order valence-corrected chi connectivity index (χ0v) is 16.5. The molecule has 5 nitrogen and oxygen atoms in total. The van der Waals surface area contributed by atoms with Crippen LogP contribution in [0.2, 0.25) is 0 Å². The molecule has 144 valence electrons. The number of aryl methyl sites for hydroxylation is 1. The van der Waals surface area contributed by atoms with Crippen molar-refractivity contribution in [1.82, 2.24) is 4.90 Å². The van der Waals surface area contributed by atoms with Gasteiger partial charge in [-0.1, -0.05) is 29.8 Å². The molecule has 0 radical (unpaired) electrons. The van der Waals surface area contributed by atoms with Crippen LogP contribution in [0.1, 0.15) is 28.4 Å². The van der Waals surface area contributed by atoms with Gasteiger partial charge in [0.15, 0.2) is 11.5 Å². The maximum Gasteiger partial charge on any atom is 0.254 e. The minimum Gasteiger partial charge on any atom is -0.493 e. The number of piperazine rings is 1. The summed E-state index contributed by atoms with van der Waals surface area (Å²) in [5.41, 5.74) is 3.31. The second-order valence-electron chi connectivity index (χ2n) is 7.01. The minimum atomic E-state index is 0.0611. The molecule has 1 aliphatic rings.